The minimum absolute atomic E-state index is 0.155. The second-order valence-electron chi connectivity index (χ2n) is 5.44. The molecule has 126 valence electrons. The van der Waals surface area contributed by atoms with Crippen LogP contribution in [0.3, 0.4) is 0 Å². The van der Waals surface area contributed by atoms with E-state index in [0.29, 0.717) is 45.4 Å². The molecular weight excluding hydrogens is 392 g/mol. The van der Waals surface area contributed by atoms with Crippen LogP contribution in [0.4, 0.5) is 0 Å². The molecule has 1 fully saturated rings. The van der Waals surface area contributed by atoms with Crippen molar-refractivity contribution in [3.8, 4) is 0 Å². The molecule has 1 aliphatic heterocycles. The first-order valence-electron chi connectivity index (χ1n) is 7.26. The lowest BCUT2D eigenvalue weighted by molar-refractivity contribution is -0.0228. The van der Waals surface area contributed by atoms with Gasteiger partial charge in [0, 0.05) is 21.6 Å². The Morgan fingerprint density at radius 2 is 1.71 bits per heavy atom. The normalized spacial score (nSPS) is 17.8. The van der Waals surface area contributed by atoms with Crippen LogP contribution in [-0.4, -0.2) is 30.5 Å². The van der Waals surface area contributed by atoms with Gasteiger partial charge in [0.2, 0.25) is 0 Å². The fourth-order valence-corrected chi connectivity index (χ4v) is 3.66. The molecule has 0 radical (unpaired) electrons. The van der Waals surface area contributed by atoms with Gasteiger partial charge in [-0.05, 0) is 42.0 Å². The quantitative estimate of drug-likeness (QED) is 0.659. The number of ether oxygens (including phenoxy) is 1. The third kappa shape index (κ3) is 3.98. The summed E-state index contributed by atoms with van der Waals surface area (Å²) in [7, 11) is 0. The number of hydrogen-bond acceptors (Lipinski definition) is 2. The van der Waals surface area contributed by atoms with Crippen molar-refractivity contribution < 1.29 is 9.53 Å². The maximum Gasteiger partial charge on any atom is 0.255 e. The SMILES string of the molecule is O=C(c1ccc(Cl)cc1Cl)N1CCOC(c2cc(Cl)cc(Cl)c2)C1. The third-order valence-corrected chi connectivity index (χ3v) is 4.76. The van der Waals surface area contributed by atoms with Gasteiger partial charge < -0.3 is 9.64 Å². The van der Waals surface area contributed by atoms with Crippen LogP contribution in [0.25, 0.3) is 0 Å². The molecule has 3 rings (SSSR count). The van der Waals surface area contributed by atoms with Gasteiger partial charge >= 0.3 is 0 Å². The zero-order valence-electron chi connectivity index (χ0n) is 12.4. The van der Waals surface area contributed by atoms with Crippen molar-refractivity contribution in [2.45, 2.75) is 6.10 Å². The molecule has 1 amide bonds. The number of amides is 1. The first-order valence-corrected chi connectivity index (χ1v) is 8.77. The standard InChI is InChI=1S/C17H13Cl4NO2/c18-11-1-2-14(15(21)8-11)17(23)22-3-4-24-16(9-22)10-5-12(19)7-13(20)6-10/h1-2,5-8,16H,3-4,9H2. The summed E-state index contributed by atoms with van der Waals surface area (Å²) in [5, 5.41) is 1.89. The molecule has 2 aromatic rings. The maximum absolute atomic E-state index is 12.7. The lowest BCUT2D eigenvalue weighted by Gasteiger charge is -2.33. The average Bonchev–Trinajstić information content (AvgIpc) is 2.53. The van der Waals surface area contributed by atoms with Gasteiger partial charge in [0.25, 0.3) is 5.91 Å². The molecule has 1 unspecified atom stereocenters. The van der Waals surface area contributed by atoms with Gasteiger partial charge in [-0.2, -0.15) is 0 Å². The summed E-state index contributed by atoms with van der Waals surface area (Å²) in [4.78, 5) is 14.4. The van der Waals surface area contributed by atoms with E-state index in [1.165, 1.54) is 0 Å². The molecule has 2 aromatic carbocycles. The van der Waals surface area contributed by atoms with Gasteiger partial charge in [-0.25, -0.2) is 0 Å². The molecule has 1 atom stereocenters. The monoisotopic (exact) mass is 403 g/mol. The zero-order valence-corrected chi connectivity index (χ0v) is 15.5. The Morgan fingerprint density at radius 1 is 1.00 bits per heavy atom. The molecule has 24 heavy (non-hydrogen) atoms. The summed E-state index contributed by atoms with van der Waals surface area (Å²) >= 11 is 24.1. The Balaban J connectivity index is 1.81. The van der Waals surface area contributed by atoms with Gasteiger partial charge in [-0.1, -0.05) is 46.4 Å². The summed E-state index contributed by atoms with van der Waals surface area (Å²) in [5.41, 5.74) is 1.26. The summed E-state index contributed by atoms with van der Waals surface area (Å²) in [6.07, 6.45) is -0.287. The molecule has 0 N–H and O–H groups in total. The molecule has 1 heterocycles. The van der Waals surface area contributed by atoms with Gasteiger partial charge in [0.15, 0.2) is 0 Å². The number of carbonyl (C=O) groups is 1. The number of benzene rings is 2. The fourth-order valence-electron chi connectivity index (χ4n) is 2.63. The number of carbonyl (C=O) groups excluding carboxylic acids is 1. The molecule has 0 aliphatic carbocycles. The molecule has 0 aromatic heterocycles. The van der Waals surface area contributed by atoms with Crippen molar-refractivity contribution in [1.82, 2.24) is 4.90 Å². The van der Waals surface area contributed by atoms with Crippen LogP contribution < -0.4 is 0 Å². The van der Waals surface area contributed by atoms with E-state index in [4.69, 9.17) is 51.1 Å². The van der Waals surface area contributed by atoms with Crippen LogP contribution in [0.15, 0.2) is 36.4 Å². The topological polar surface area (TPSA) is 29.5 Å². The number of halogens is 4. The number of nitrogens with zero attached hydrogens (tertiary/aromatic N) is 1. The molecule has 0 saturated carbocycles. The largest absolute Gasteiger partial charge is 0.370 e. The summed E-state index contributed by atoms with van der Waals surface area (Å²) in [5.74, 6) is -0.155. The van der Waals surface area contributed by atoms with Crippen LogP contribution >= 0.6 is 46.4 Å². The number of rotatable bonds is 2. The second-order valence-corrected chi connectivity index (χ2v) is 7.15. The Hall–Kier alpha value is -0.970. The predicted octanol–water partition coefficient (Wildman–Crippen LogP) is 5.51. The molecule has 3 nitrogen and oxygen atoms in total. The fraction of sp³-hybridized carbons (Fsp3) is 0.235. The van der Waals surface area contributed by atoms with Crippen molar-refractivity contribution in [1.29, 1.82) is 0 Å². The van der Waals surface area contributed by atoms with Crippen molar-refractivity contribution in [2.24, 2.45) is 0 Å². The van der Waals surface area contributed by atoms with E-state index in [1.807, 2.05) is 0 Å². The van der Waals surface area contributed by atoms with Gasteiger partial charge in [-0.3, -0.25) is 4.79 Å². The van der Waals surface area contributed by atoms with E-state index in [9.17, 15) is 4.79 Å². The van der Waals surface area contributed by atoms with E-state index in [2.05, 4.69) is 0 Å². The highest BCUT2D eigenvalue weighted by Gasteiger charge is 2.27. The lowest BCUT2D eigenvalue weighted by Crippen LogP contribution is -2.42. The van der Waals surface area contributed by atoms with Crippen molar-refractivity contribution >= 4 is 52.3 Å². The van der Waals surface area contributed by atoms with Gasteiger partial charge in [-0.15, -0.1) is 0 Å². The van der Waals surface area contributed by atoms with Crippen LogP contribution in [-0.2, 0) is 4.74 Å². The van der Waals surface area contributed by atoms with Crippen LogP contribution in [0.5, 0.6) is 0 Å². The van der Waals surface area contributed by atoms with Crippen LogP contribution in [0.1, 0.15) is 22.0 Å². The molecule has 0 bridgehead atoms. The maximum atomic E-state index is 12.7. The van der Waals surface area contributed by atoms with E-state index >= 15 is 0 Å². The van der Waals surface area contributed by atoms with E-state index < -0.39 is 0 Å². The average molecular weight is 405 g/mol. The molecular formula is C17H13Cl4NO2. The summed E-state index contributed by atoms with van der Waals surface area (Å²) in [6, 6.07) is 10.1. The smallest absolute Gasteiger partial charge is 0.255 e. The number of morpholine rings is 1. The zero-order chi connectivity index (χ0) is 17.3. The van der Waals surface area contributed by atoms with Crippen LogP contribution in [0, 0.1) is 0 Å². The van der Waals surface area contributed by atoms with Gasteiger partial charge in [0.05, 0.1) is 23.7 Å². The first kappa shape index (κ1) is 17.8. The lowest BCUT2D eigenvalue weighted by atomic mass is 10.1. The predicted molar refractivity (Wildman–Crippen MR) is 97.5 cm³/mol. The number of hydrogen-bond donors (Lipinski definition) is 0. The van der Waals surface area contributed by atoms with Crippen molar-refractivity contribution in [3.63, 3.8) is 0 Å². The summed E-state index contributed by atoms with van der Waals surface area (Å²) < 4.78 is 5.77. The highest BCUT2D eigenvalue weighted by atomic mass is 35.5. The van der Waals surface area contributed by atoms with E-state index in [-0.39, 0.29) is 12.0 Å². The highest BCUT2D eigenvalue weighted by molar-refractivity contribution is 6.36. The first-order chi connectivity index (χ1) is 11.4. The minimum Gasteiger partial charge on any atom is -0.370 e. The minimum atomic E-state index is -0.287. The third-order valence-electron chi connectivity index (χ3n) is 3.77. The molecule has 1 aliphatic rings. The van der Waals surface area contributed by atoms with E-state index in [1.54, 1.807) is 41.3 Å². The Bertz CT molecular complexity index is 761. The van der Waals surface area contributed by atoms with Gasteiger partial charge in [0.1, 0.15) is 6.10 Å². The Labute approximate surface area is 160 Å². The molecule has 7 heteroatoms. The Morgan fingerprint density at radius 3 is 2.38 bits per heavy atom. The Kier molecular flexibility index (Phi) is 5.58. The summed E-state index contributed by atoms with van der Waals surface area (Å²) in [6.45, 7) is 1.31. The highest BCUT2D eigenvalue weighted by Crippen LogP contribution is 2.29. The second kappa shape index (κ2) is 7.51. The van der Waals surface area contributed by atoms with Crippen molar-refractivity contribution in [2.75, 3.05) is 19.7 Å². The van der Waals surface area contributed by atoms with Crippen LogP contribution in [0.2, 0.25) is 20.1 Å². The van der Waals surface area contributed by atoms with Crippen molar-refractivity contribution in [3.05, 3.63) is 67.6 Å². The molecule has 0 spiro atoms. The van der Waals surface area contributed by atoms with E-state index in [0.717, 1.165) is 5.56 Å². The molecule has 1 saturated heterocycles.